The SMILES string of the molecule is Cc1cc(Br)ccc1CN1CC(CN)CC1=O. The van der Waals surface area contributed by atoms with Gasteiger partial charge in [-0.2, -0.15) is 0 Å². The maximum absolute atomic E-state index is 11.8. The number of likely N-dealkylation sites (tertiary alicyclic amines) is 1. The van der Waals surface area contributed by atoms with E-state index in [4.69, 9.17) is 5.73 Å². The van der Waals surface area contributed by atoms with Crippen LogP contribution in [0, 0.1) is 12.8 Å². The van der Waals surface area contributed by atoms with E-state index >= 15 is 0 Å². The van der Waals surface area contributed by atoms with Gasteiger partial charge in [-0.3, -0.25) is 4.79 Å². The normalized spacial score (nSPS) is 20.1. The van der Waals surface area contributed by atoms with Crippen molar-refractivity contribution < 1.29 is 4.79 Å². The standard InChI is InChI=1S/C13H17BrN2O/c1-9-4-12(14)3-2-11(9)8-16-7-10(6-15)5-13(16)17/h2-4,10H,5-8,15H2,1H3. The summed E-state index contributed by atoms with van der Waals surface area (Å²) in [5.74, 6) is 0.557. The van der Waals surface area contributed by atoms with Gasteiger partial charge in [0.1, 0.15) is 0 Å². The number of benzene rings is 1. The lowest BCUT2D eigenvalue weighted by atomic mass is 10.1. The molecule has 2 rings (SSSR count). The number of hydrogen-bond acceptors (Lipinski definition) is 2. The van der Waals surface area contributed by atoms with E-state index in [2.05, 4.69) is 35.0 Å². The molecule has 1 saturated heterocycles. The molecule has 4 heteroatoms. The van der Waals surface area contributed by atoms with Crippen LogP contribution >= 0.6 is 15.9 Å². The van der Waals surface area contributed by atoms with Crippen molar-refractivity contribution in [1.82, 2.24) is 4.90 Å². The first-order chi connectivity index (χ1) is 8.10. The van der Waals surface area contributed by atoms with Gasteiger partial charge in [0.05, 0.1) is 0 Å². The van der Waals surface area contributed by atoms with E-state index in [-0.39, 0.29) is 5.91 Å². The molecule has 1 aromatic carbocycles. The lowest BCUT2D eigenvalue weighted by molar-refractivity contribution is -0.128. The Balaban J connectivity index is 2.08. The molecule has 17 heavy (non-hydrogen) atoms. The number of carbonyl (C=O) groups is 1. The van der Waals surface area contributed by atoms with Crippen LogP contribution in [0.25, 0.3) is 0 Å². The van der Waals surface area contributed by atoms with Gasteiger partial charge in [0.25, 0.3) is 0 Å². The van der Waals surface area contributed by atoms with Crippen molar-refractivity contribution in [3.8, 4) is 0 Å². The number of nitrogens with zero attached hydrogens (tertiary/aromatic N) is 1. The molecular weight excluding hydrogens is 280 g/mol. The van der Waals surface area contributed by atoms with Crippen LogP contribution in [0.4, 0.5) is 0 Å². The summed E-state index contributed by atoms with van der Waals surface area (Å²) < 4.78 is 1.08. The molecule has 0 saturated carbocycles. The molecule has 1 amide bonds. The Hall–Kier alpha value is -0.870. The number of amides is 1. The third-order valence-corrected chi connectivity index (χ3v) is 3.79. The van der Waals surface area contributed by atoms with Crippen LogP contribution < -0.4 is 5.73 Å². The van der Waals surface area contributed by atoms with E-state index < -0.39 is 0 Å². The minimum absolute atomic E-state index is 0.225. The first-order valence-corrected chi connectivity index (χ1v) is 6.62. The lowest BCUT2D eigenvalue weighted by Crippen LogP contribution is -2.26. The molecule has 1 aliphatic rings. The van der Waals surface area contributed by atoms with Crippen molar-refractivity contribution in [3.05, 3.63) is 33.8 Å². The highest BCUT2D eigenvalue weighted by atomic mass is 79.9. The van der Waals surface area contributed by atoms with Crippen LogP contribution in [-0.4, -0.2) is 23.9 Å². The maximum Gasteiger partial charge on any atom is 0.223 e. The van der Waals surface area contributed by atoms with E-state index in [1.165, 1.54) is 11.1 Å². The van der Waals surface area contributed by atoms with Crippen LogP contribution in [0.1, 0.15) is 17.5 Å². The fourth-order valence-corrected chi connectivity index (χ4v) is 2.68. The quantitative estimate of drug-likeness (QED) is 0.928. The summed E-state index contributed by atoms with van der Waals surface area (Å²) in [5.41, 5.74) is 8.04. The summed E-state index contributed by atoms with van der Waals surface area (Å²) in [7, 11) is 0. The number of halogens is 1. The van der Waals surface area contributed by atoms with Crippen LogP contribution in [0.3, 0.4) is 0 Å². The molecule has 0 spiro atoms. The average Bonchev–Trinajstić information content (AvgIpc) is 2.64. The third kappa shape index (κ3) is 2.87. The summed E-state index contributed by atoms with van der Waals surface area (Å²) in [4.78, 5) is 13.7. The second-order valence-electron chi connectivity index (χ2n) is 4.65. The minimum atomic E-state index is 0.225. The highest BCUT2D eigenvalue weighted by molar-refractivity contribution is 9.10. The smallest absolute Gasteiger partial charge is 0.223 e. The van der Waals surface area contributed by atoms with Crippen molar-refractivity contribution in [2.24, 2.45) is 11.7 Å². The Morgan fingerprint density at radius 3 is 2.88 bits per heavy atom. The molecule has 3 nitrogen and oxygen atoms in total. The number of hydrogen-bond donors (Lipinski definition) is 1. The molecule has 1 fully saturated rings. The first-order valence-electron chi connectivity index (χ1n) is 5.83. The Morgan fingerprint density at radius 2 is 2.29 bits per heavy atom. The van der Waals surface area contributed by atoms with Gasteiger partial charge in [0, 0.05) is 24.0 Å². The topological polar surface area (TPSA) is 46.3 Å². The predicted molar refractivity (Wildman–Crippen MR) is 71.5 cm³/mol. The third-order valence-electron chi connectivity index (χ3n) is 3.29. The van der Waals surface area contributed by atoms with Crippen LogP contribution in [0.15, 0.2) is 22.7 Å². The molecule has 1 heterocycles. The van der Waals surface area contributed by atoms with E-state index in [1.807, 2.05) is 11.0 Å². The Kier molecular flexibility index (Phi) is 3.84. The molecule has 0 radical (unpaired) electrons. The zero-order chi connectivity index (χ0) is 12.4. The van der Waals surface area contributed by atoms with Crippen molar-refractivity contribution in [2.45, 2.75) is 19.9 Å². The molecular formula is C13H17BrN2O. The van der Waals surface area contributed by atoms with Gasteiger partial charge in [-0.25, -0.2) is 0 Å². The molecule has 1 unspecified atom stereocenters. The Morgan fingerprint density at radius 1 is 1.53 bits per heavy atom. The Bertz CT molecular complexity index is 433. The summed E-state index contributed by atoms with van der Waals surface area (Å²) >= 11 is 3.44. The van der Waals surface area contributed by atoms with E-state index in [0.717, 1.165) is 11.0 Å². The van der Waals surface area contributed by atoms with Crippen molar-refractivity contribution >= 4 is 21.8 Å². The monoisotopic (exact) mass is 296 g/mol. The number of nitrogens with two attached hydrogens (primary N) is 1. The summed E-state index contributed by atoms with van der Waals surface area (Å²) in [6.07, 6.45) is 0.603. The van der Waals surface area contributed by atoms with Crippen molar-refractivity contribution in [1.29, 1.82) is 0 Å². The first kappa shape index (κ1) is 12.6. The zero-order valence-corrected chi connectivity index (χ0v) is 11.5. The highest BCUT2D eigenvalue weighted by Gasteiger charge is 2.28. The van der Waals surface area contributed by atoms with Gasteiger partial charge >= 0.3 is 0 Å². The Labute approximate surface area is 110 Å². The second-order valence-corrected chi connectivity index (χ2v) is 5.57. The highest BCUT2D eigenvalue weighted by Crippen LogP contribution is 2.22. The van der Waals surface area contributed by atoms with Crippen LogP contribution in [0.5, 0.6) is 0 Å². The van der Waals surface area contributed by atoms with Gasteiger partial charge in [-0.15, -0.1) is 0 Å². The number of carbonyl (C=O) groups excluding carboxylic acids is 1. The van der Waals surface area contributed by atoms with Gasteiger partial charge in [-0.05, 0) is 42.6 Å². The van der Waals surface area contributed by atoms with Crippen molar-refractivity contribution in [2.75, 3.05) is 13.1 Å². The van der Waals surface area contributed by atoms with E-state index in [9.17, 15) is 4.79 Å². The molecule has 1 aromatic rings. The fourth-order valence-electron chi connectivity index (χ4n) is 2.21. The molecule has 0 bridgehead atoms. The minimum Gasteiger partial charge on any atom is -0.338 e. The molecule has 1 atom stereocenters. The second kappa shape index (κ2) is 5.19. The zero-order valence-electron chi connectivity index (χ0n) is 9.95. The summed E-state index contributed by atoms with van der Waals surface area (Å²) in [6, 6.07) is 6.17. The lowest BCUT2D eigenvalue weighted by Gasteiger charge is -2.18. The largest absolute Gasteiger partial charge is 0.338 e. The van der Waals surface area contributed by atoms with Gasteiger partial charge in [-0.1, -0.05) is 22.0 Å². The van der Waals surface area contributed by atoms with Crippen molar-refractivity contribution in [3.63, 3.8) is 0 Å². The summed E-state index contributed by atoms with van der Waals surface area (Å²) in [5, 5.41) is 0. The average molecular weight is 297 g/mol. The van der Waals surface area contributed by atoms with Gasteiger partial charge < -0.3 is 10.6 Å². The van der Waals surface area contributed by atoms with Gasteiger partial charge in [0.2, 0.25) is 5.91 Å². The molecule has 0 aromatic heterocycles. The molecule has 92 valence electrons. The predicted octanol–water partition coefficient (Wildman–Crippen LogP) is 2.06. The molecule has 1 aliphatic heterocycles. The molecule has 2 N–H and O–H groups in total. The molecule has 0 aliphatic carbocycles. The van der Waals surface area contributed by atoms with E-state index in [1.54, 1.807) is 0 Å². The van der Waals surface area contributed by atoms with Gasteiger partial charge in [0.15, 0.2) is 0 Å². The number of rotatable bonds is 3. The summed E-state index contributed by atoms with van der Waals surface area (Å²) in [6.45, 7) is 4.17. The fraction of sp³-hybridized carbons (Fsp3) is 0.462. The number of aryl methyl sites for hydroxylation is 1. The van der Waals surface area contributed by atoms with Crippen LogP contribution in [-0.2, 0) is 11.3 Å². The van der Waals surface area contributed by atoms with Crippen LogP contribution in [0.2, 0.25) is 0 Å². The maximum atomic E-state index is 11.8. The van der Waals surface area contributed by atoms with E-state index in [0.29, 0.717) is 25.4 Å².